The fraction of sp³-hybridized carbons (Fsp3) is 0. The smallest absolute Gasteiger partial charge is 0.280 e. The Hall–Kier alpha value is -3.42. The Morgan fingerprint density at radius 3 is 2.54 bits per heavy atom. The summed E-state index contributed by atoms with van der Waals surface area (Å²) >= 11 is 6.04. The molecule has 142 valence electrons. The molecule has 1 heterocycles. The zero-order valence-electron chi connectivity index (χ0n) is 13.9. The number of nitrogens with one attached hydrogen (secondary N) is 1. The fourth-order valence-electron chi connectivity index (χ4n) is 2.28. The molecule has 8 nitrogen and oxygen atoms in total. The summed E-state index contributed by atoms with van der Waals surface area (Å²) in [6.45, 7) is 0. The quantitative estimate of drug-likeness (QED) is 0.668. The number of nitrogen functional groups attached to an aromatic ring is 1. The molecular formula is C17H11ClFN5O3S. The van der Waals surface area contributed by atoms with Crippen LogP contribution in [0.1, 0.15) is 15.9 Å². The van der Waals surface area contributed by atoms with E-state index < -0.39 is 21.7 Å². The van der Waals surface area contributed by atoms with E-state index in [9.17, 15) is 17.6 Å². The second kappa shape index (κ2) is 7.30. The Morgan fingerprint density at radius 1 is 1.25 bits per heavy atom. The molecule has 0 unspecified atom stereocenters. The highest BCUT2D eigenvalue weighted by Crippen LogP contribution is 2.27. The maximum absolute atomic E-state index is 13.0. The minimum Gasteiger partial charge on any atom is -0.382 e. The molecule has 0 fully saturated rings. The topological polar surface area (TPSA) is 131 Å². The van der Waals surface area contributed by atoms with Gasteiger partial charge in [0.1, 0.15) is 23.3 Å². The van der Waals surface area contributed by atoms with Crippen molar-refractivity contribution in [2.75, 3.05) is 10.5 Å². The third-order valence-corrected chi connectivity index (χ3v) is 5.41. The Morgan fingerprint density at radius 2 is 1.93 bits per heavy atom. The lowest BCUT2D eigenvalue weighted by molar-refractivity contribution is 0.0948. The molecule has 0 spiro atoms. The van der Waals surface area contributed by atoms with Crippen LogP contribution in [0.5, 0.6) is 0 Å². The molecule has 0 radical (unpaired) electrons. The monoisotopic (exact) mass is 419 g/mol. The average Bonchev–Trinajstić information content (AvgIpc) is 3.03. The van der Waals surface area contributed by atoms with Gasteiger partial charge in [-0.05, 0) is 42.5 Å². The number of nitrogens with zero attached hydrogens (tertiary/aromatic N) is 3. The van der Waals surface area contributed by atoms with Crippen LogP contribution in [-0.2, 0) is 10.0 Å². The highest BCUT2D eigenvalue weighted by atomic mass is 35.5. The van der Waals surface area contributed by atoms with Gasteiger partial charge in [0.15, 0.2) is 0 Å². The van der Waals surface area contributed by atoms with Gasteiger partial charge in [0, 0.05) is 5.56 Å². The molecule has 0 saturated heterocycles. The standard InChI is InChI=1S/C17H11ClFN5O3S/c18-14-6-1-10(17(25)24-16(21)11(8-20)9-22-24)7-15(14)23-28(26,27)13-4-2-12(19)3-5-13/h1-7,9,23H,21H2. The van der Waals surface area contributed by atoms with E-state index >= 15 is 0 Å². The predicted octanol–water partition coefficient (Wildman–Crippen LogP) is 2.62. The summed E-state index contributed by atoms with van der Waals surface area (Å²) < 4.78 is 41.0. The Bertz CT molecular complexity index is 1220. The van der Waals surface area contributed by atoms with E-state index in [0.717, 1.165) is 35.1 Å². The summed E-state index contributed by atoms with van der Waals surface area (Å²) in [5.41, 5.74) is 5.69. The van der Waals surface area contributed by atoms with E-state index in [1.807, 2.05) is 0 Å². The Balaban J connectivity index is 1.95. The molecule has 0 aliphatic rings. The molecule has 1 aromatic heterocycles. The Labute approximate surface area is 164 Å². The maximum atomic E-state index is 13.0. The molecule has 0 atom stereocenters. The maximum Gasteiger partial charge on any atom is 0.280 e. The van der Waals surface area contributed by atoms with Crippen molar-refractivity contribution < 1.29 is 17.6 Å². The number of anilines is 2. The number of hydrogen-bond acceptors (Lipinski definition) is 6. The van der Waals surface area contributed by atoms with Crippen molar-refractivity contribution in [2.24, 2.45) is 0 Å². The number of nitriles is 1. The molecule has 0 aliphatic carbocycles. The van der Waals surface area contributed by atoms with Crippen LogP contribution in [0, 0.1) is 17.1 Å². The van der Waals surface area contributed by atoms with Crippen LogP contribution in [0.3, 0.4) is 0 Å². The van der Waals surface area contributed by atoms with Gasteiger partial charge < -0.3 is 5.73 Å². The summed E-state index contributed by atoms with van der Waals surface area (Å²) in [6.07, 6.45) is 1.14. The van der Waals surface area contributed by atoms with Crippen LogP contribution in [0.15, 0.2) is 53.6 Å². The van der Waals surface area contributed by atoms with Gasteiger partial charge in [0.25, 0.3) is 15.9 Å². The second-order valence-electron chi connectivity index (χ2n) is 5.53. The van der Waals surface area contributed by atoms with Crippen molar-refractivity contribution in [1.29, 1.82) is 5.26 Å². The van der Waals surface area contributed by atoms with Crippen LogP contribution in [-0.4, -0.2) is 24.1 Å². The van der Waals surface area contributed by atoms with Gasteiger partial charge in [0.2, 0.25) is 0 Å². The minimum absolute atomic E-state index is 0.0274. The van der Waals surface area contributed by atoms with Crippen LogP contribution in [0.25, 0.3) is 0 Å². The number of aromatic nitrogens is 2. The van der Waals surface area contributed by atoms with E-state index in [2.05, 4.69) is 9.82 Å². The second-order valence-corrected chi connectivity index (χ2v) is 7.62. The molecule has 3 aromatic rings. The lowest BCUT2D eigenvalue weighted by Gasteiger charge is -2.11. The summed E-state index contributed by atoms with van der Waals surface area (Å²) in [4.78, 5) is 12.4. The molecule has 3 rings (SSSR count). The summed E-state index contributed by atoms with van der Waals surface area (Å²) in [7, 11) is -4.07. The largest absolute Gasteiger partial charge is 0.382 e. The summed E-state index contributed by atoms with van der Waals surface area (Å²) in [5.74, 6) is -1.41. The first-order chi connectivity index (χ1) is 13.2. The number of nitrogens with two attached hydrogens (primary N) is 1. The molecule has 0 amide bonds. The fourth-order valence-corrected chi connectivity index (χ4v) is 3.57. The van der Waals surface area contributed by atoms with Crippen LogP contribution >= 0.6 is 11.6 Å². The number of benzene rings is 2. The van der Waals surface area contributed by atoms with Gasteiger partial charge in [-0.2, -0.15) is 15.0 Å². The predicted molar refractivity (Wildman–Crippen MR) is 99.7 cm³/mol. The minimum atomic E-state index is -4.07. The molecular weight excluding hydrogens is 409 g/mol. The third kappa shape index (κ3) is 3.66. The number of rotatable bonds is 4. The van der Waals surface area contributed by atoms with Crippen LogP contribution in [0.2, 0.25) is 5.02 Å². The van der Waals surface area contributed by atoms with E-state index in [0.29, 0.717) is 0 Å². The molecule has 3 N–H and O–H groups in total. The van der Waals surface area contributed by atoms with Gasteiger partial charge in [-0.15, -0.1) is 0 Å². The highest BCUT2D eigenvalue weighted by Gasteiger charge is 2.20. The SMILES string of the molecule is N#Cc1cnn(C(=O)c2ccc(Cl)c(NS(=O)(=O)c3ccc(F)cc3)c2)c1N. The number of carbonyl (C=O) groups excluding carboxylic acids is 1. The highest BCUT2D eigenvalue weighted by molar-refractivity contribution is 7.92. The average molecular weight is 420 g/mol. The summed E-state index contributed by atoms with van der Waals surface area (Å²) in [6, 6.07) is 9.87. The first kappa shape index (κ1) is 19.3. The molecule has 11 heteroatoms. The lowest BCUT2D eigenvalue weighted by atomic mass is 10.2. The van der Waals surface area contributed by atoms with E-state index in [1.165, 1.54) is 18.2 Å². The molecule has 0 bridgehead atoms. The van der Waals surface area contributed by atoms with E-state index in [4.69, 9.17) is 22.6 Å². The van der Waals surface area contributed by atoms with Crippen molar-refractivity contribution in [3.05, 3.63) is 70.6 Å². The number of halogens is 2. The lowest BCUT2D eigenvalue weighted by Crippen LogP contribution is -2.17. The van der Waals surface area contributed by atoms with Gasteiger partial charge in [-0.1, -0.05) is 11.6 Å². The van der Waals surface area contributed by atoms with Crippen LogP contribution in [0.4, 0.5) is 15.9 Å². The van der Waals surface area contributed by atoms with E-state index in [1.54, 1.807) is 6.07 Å². The van der Waals surface area contributed by atoms with Gasteiger partial charge in [0.05, 0.1) is 21.8 Å². The zero-order chi connectivity index (χ0) is 20.5. The summed E-state index contributed by atoms with van der Waals surface area (Å²) in [5, 5.41) is 12.7. The third-order valence-electron chi connectivity index (χ3n) is 3.70. The molecule has 28 heavy (non-hydrogen) atoms. The van der Waals surface area contributed by atoms with Crippen molar-refractivity contribution in [2.45, 2.75) is 4.90 Å². The zero-order valence-corrected chi connectivity index (χ0v) is 15.5. The van der Waals surface area contributed by atoms with Crippen molar-refractivity contribution in [3.8, 4) is 6.07 Å². The van der Waals surface area contributed by atoms with E-state index in [-0.39, 0.29) is 32.6 Å². The van der Waals surface area contributed by atoms with Crippen molar-refractivity contribution in [3.63, 3.8) is 0 Å². The molecule has 2 aromatic carbocycles. The van der Waals surface area contributed by atoms with Gasteiger partial charge in [-0.25, -0.2) is 12.8 Å². The van der Waals surface area contributed by atoms with Gasteiger partial charge in [-0.3, -0.25) is 9.52 Å². The first-order valence-electron chi connectivity index (χ1n) is 7.59. The number of hydrogen-bond donors (Lipinski definition) is 2. The molecule has 0 aliphatic heterocycles. The van der Waals surface area contributed by atoms with Crippen LogP contribution < -0.4 is 10.5 Å². The van der Waals surface area contributed by atoms with Crippen molar-refractivity contribution >= 4 is 39.0 Å². The first-order valence-corrected chi connectivity index (χ1v) is 9.45. The number of sulfonamides is 1. The van der Waals surface area contributed by atoms with Crippen molar-refractivity contribution in [1.82, 2.24) is 9.78 Å². The Kier molecular flexibility index (Phi) is 5.04. The molecule has 0 saturated carbocycles. The number of carbonyl (C=O) groups is 1. The normalized spacial score (nSPS) is 11.0. The van der Waals surface area contributed by atoms with Gasteiger partial charge >= 0.3 is 0 Å².